The van der Waals surface area contributed by atoms with Gasteiger partial charge < -0.3 is 61.4 Å². The van der Waals surface area contributed by atoms with Crippen molar-refractivity contribution in [1.82, 2.24) is 0 Å². The second-order valence-electron chi connectivity index (χ2n) is 11.3. The molecule has 7 atom stereocenters. The van der Waals surface area contributed by atoms with Crippen LogP contribution in [0, 0.1) is 0 Å². The zero-order valence-electron chi connectivity index (χ0n) is 25.3. The monoisotopic (exact) mass is 684 g/mol. The molecule has 0 saturated carbocycles. The number of phenols is 2. The van der Waals surface area contributed by atoms with E-state index in [0.717, 1.165) is 0 Å². The van der Waals surface area contributed by atoms with E-state index in [4.69, 9.17) is 35.9 Å². The molecule has 16 nitrogen and oxygen atoms in total. The number of Topliss-reactive ketones (excluding diaryl/α,β-unsaturated/α-hetero) is 1. The third-order valence-corrected chi connectivity index (χ3v) is 8.32. The Morgan fingerprint density at radius 2 is 1.74 bits per heavy atom. The molecule has 11 N–H and O–H groups in total. The molecule has 1 heterocycles. The molecule has 3 aliphatic rings. The second kappa shape index (κ2) is 14.6. The summed E-state index contributed by atoms with van der Waals surface area (Å²) in [6.07, 6.45) is -5.12. The van der Waals surface area contributed by atoms with Crippen LogP contribution in [-0.2, 0) is 25.5 Å². The molecule has 2 aliphatic carbocycles. The summed E-state index contributed by atoms with van der Waals surface area (Å²) >= 11 is 0. The van der Waals surface area contributed by atoms with E-state index in [1.54, 1.807) is 6.92 Å². The maximum Gasteiger partial charge on any atom is 0.322 e. The molecule has 1 aliphatic heterocycles. The Labute approximate surface area is 273 Å². The van der Waals surface area contributed by atoms with Crippen molar-refractivity contribution < 1.29 is 69.1 Å². The molecule has 258 valence electrons. The van der Waals surface area contributed by atoms with E-state index in [0.29, 0.717) is 0 Å². The average Bonchev–Trinajstić information content (AvgIpc) is 3.02. The van der Waals surface area contributed by atoms with Gasteiger partial charge in [0.05, 0.1) is 48.7 Å². The number of carboxylic acids is 1. The molecule has 0 aromatic heterocycles. The summed E-state index contributed by atoms with van der Waals surface area (Å²) in [6.45, 7) is 0.0550. The molecule has 0 unspecified atom stereocenters. The number of aromatic hydroxyl groups is 2. The summed E-state index contributed by atoms with van der Waals surface area (Å²) in [6, 6.07) is 2.51. The van der Waals surface area contributed by atoms with Crippen molar-refractivity contribution in [3.8, 4) is 17.2 Å². The van der Waals surface area contributed by atoms with Crippen LogP contribution >= 0.6 is 12.4 Å². The molecule has 2 aromatic rings. The zero-order valence-corrected chi connectivity index (χ0v) is 26.1. The Bertz CT molecular complexity index is 1560. The van der Waals surface area contributed by atoms with E-state index in [9.17, 15) is 44.7 Å². The quantitative estimate of drug-likeness (QED) is 0.132. The van der Waals surface area contributed by atoms with Crippen molar-refractivity contribution in [2.75, 3.05) is 20.3 Å². The summed E-state index contributed by atoms with van der Waals surface area (Å²) in [4.78, 5) is 49.4. The van der Waals surface area contributed by atoms with Crippen LogP contribution in [0.15, 0.2) is 18.2 Å². The number of hydrogen-bond acceptors (Lipinski definition) is 15. The summed E-state index contributed by atoms with van der Waals surface area (Å²) in [5.74, 6) is -4.95. The lowest BCUT2D eigenvalue weighted by Gasteiger charge is -2.42. The number of aliphatic hydroxyl groups excluding tert-OH is 3. The van der Waals surface area contributed by atoms with Gasteiger partial charge >= 0.3 is 5.97 Å². The molecule has 0 spiro atoms. The summed E-state index contributed by atoms with van der Waals surface area (Å²) in [7, 11) is 1.32. The van der Waals surface area contributed by atoms with E-state index < -0.39 is 114 Å². The highest BCUT2D eigenvalue weighted by Gasteiger charge is 2.50. The maximum absolute atomic E-state index is 13.6. The molecule has 1 fully saturated rings. The fourth-order valence-electron chi connectivity index (χ4n) is 5.83. The number of rotatable bonds is 7. The van der Waals surface area contributed by atoms with Gasteiger partial charge in [0.2, 0.25) is 5.78 Å². The van der Waals surface area contributed by atoms with Gasteiger partial charge in [-0.25, -0.2) is 0 Å². The van der Waals surface area contributed by atoms with Gasteiger partial charge in [0.25, 0.3) is 0 Å². The Hall–Kier alpha value is -3.71. The number of aliphatic hydroxyl groups is 4. The highest BCUT2D eigenvalue weighted by molar-refractivity contribution is 6.31. The van der Waals surface area contributed by atoms with Gasteiger partial charge in [-0.2, -0.15) is 0 Å². The van der Waals surface area contributed by atoms with Crippen LogP contribution in [0.3, 0.4) is 0 Å². The first-order chi connectivity index (χ1) is 21.6. The van der Waals surface area contributed by atoms with E-state index in [1.165, 1.54) is 25.3 Å². The number of ether oxygens (including phenoxy) is 3. The van der Waals surface area contributed by atoms with E-state index in [1.807, 2.05) is 0 Å². The van der Waals surface area contributed by atoms with Crippen LogP contribution in [-0.4, -0.2) is 116 Å². The number of carboxylic acid groups (broad SMARTS) is 1. The Morgan fingerprint density at radius 1 is 1.11 bits per heavy atom. The van der Waals surface area contributed by atoms with Crippen LogP contribution in [0.1, 0.15) is 68.8 Å². The summed E-state index contributed by atoms with van der Waals surface area (Å²) in [5, 5.41) is 69.6. The van der Waals surface area contributed by atoms with Crippen LogP contribution in [0.5, 0.6) is 17.2 Å². The first-order valence-electron chi connectivity index (χ1n) is 14.2. The molecule has 2 aromatic carbocycles. The number of carbonyl (C=O) groups is 4. The first kappa shape index (κ1) is 37.7. The Balaban J connectivity index is 0.000000677. The lowest BCUT2D eigenvalue weighted by atomic mass is 9.72. The third-order valence-electron chi connectivity index (χ3n) is 8.32. The number of ketones is 3. The van der Waals surface area contributed by atoms with Crippen molar-refractivity contribution in [3.63, 3.8) is 0 Å². The minimum Gasteiger partial charge on any atom is -0.507 e. The van der Waals surface area contributed by atoms with Gasteiger partial charge in [0, 0.05) is 42.0 Å². The molecule has 47 heavy (non-hydrogen) atoms. The number of fused-ring (bicyclic) bond motifs is 3. The minimum absolute atomic E-state index is 0. The molecule has 17 heteroatoms. The summed E-state index contributed by atoms with van der Waals surface area (Å²) in [5.41, 5.74) is 7.14. The molecule has 0 bridgehead atoms. The van der Waals surface area contributed by atoms with Gasteiger partial charge in [-0.15, -0.1) is 12.4 Å². The van der Waals surface area contributed by atoms with Crippen molar-refractivity contribution in [2.24, 2.45) is 11.5 Å². The number of aliphatic carboxylic acids is 1. The third kappa shape index (κ3) is 6.83. The fourth-order valence-corrected chi connectivity index (χ4v) is 5.83. The Morgan fingerprint density at radius 3 is 2.28 bits per heavy atom. The highest BCUT2D eigenvalue weighted by Crippen LogP contribution is 2.52. The lowest BCUT2D eigenvalue weighted by molar-refractivity contribution is -0.247. The van der Waals surface area contributed by atoms with Gasteiger partial charge in [0.15, 0.2) is 17.9 Å². The number of nitrogens with two attached hydrogens (primary N) is 2. The van der Waals surface area contributed by atoms with Crippen molar-refractivity contribution in [2.45, 2.75) is 68.5 Å². The van der Waals surface area contributed by atoms with Crippen molar-refractivity contribution in [1.29, 1.82) is 0 Å². The van der Waals surface area contributed by atoms with Crippen LogP contribution in [0.4, 0.5) is 0 Å². The fraction of sp³-hybridized carbons (Fsp3) is 0.467. The van der Waals surface area contributed by atoms with E-state index in [2.05, 4.69) is 0 Å². The second-order valence-corrected chi connectivity index (χ2v) is 11.3. The number of carbonyl (C=O) groups excluding carboxylic acids is 3. The maximum atomic E-state index is 13.6. The van der Waals surface area contributed by atoms with Gasteiger partial charge in [0.1, 0.15) is 35.5 Å². The molecule has 1 saturated heterocycles. The van der Waals surface area contributed by atoms with Crippen LogP contribution in [0.2, 0.25) is 0 Å². The largest absolute Gasteiger partial charge is 0.507 e. The van der Waals surface area contributed by atoms with Crippen molar-refractivity contribution in [3.05, 3.63) is 51.6 Å². The zero-order chi connectivity index (χ0) is 34.2. The molecule has 0 radical (unpaired) electrons. The van der Waals surface area contributed by atoms with Crippen LogP contribution in [0.25, 0.3) is 0 Å². The van der Waals surface area contributed by atoms with E-state index >= 15 is 0 Å². The predicted molar refractivity (Wildman–Crippen MR) is 162 cm³/mol. The number of benzene rings is 2. The minimum atomic E-state index is -2.24. The topological polar surface area (TPSA) is 290 Å². The van der Waals surface area contributed by atoms with Crippen molar-refractivity contribution >= 4 is 35.7 Å². The average molecular weight is 685 g/mol. The van der Waals surface area contributed by atoms with Crippen LogP contribution < -0.4 is 16.2 Å². The smallest absolute Gasteiger partial charge is 0.322 e. The molecule has 5 rings (SSSR count). The normalized spacial score (nSPS) is 26.8. The van der Waals surface area contributed by atoms with Gasteiger partial charge in [-0.05, 0) is 13.0 Å². The number of phenolic OH excluding ortho intramolecular Hbond substituents is 2. The van der Waals surface area contributed by atoms with E-state index in [-0.39, 0.29) is 46.8 Å². The number of halogens is 1. The number of hydrogen-bond donors (Lipinski definition) is 9. The predicted octanol–water partition coefficient (Wildman–Crippen LogP) is -1.19. The highest BCUT2D eigenvalue weighted by atomic mass is 35.5. The van der Waals surface area contributed by atoms with Gasteiger partial charge in [-0.3, -0.25) is 19.2 Å². The number of methoxy groups -OCH3 is 1. The van der Waals surface area contributed by atoms with Gasteiger partial charge in [-0.1, -0.05) is 12.1 Å². The molecular weight excluding hydrogens is 648 g/mol. The lowest BCUT2D eigenvalue weighted by Crippen LogP contribution is -2.53. The molecule has 0 amide bonds. The SMILES string of the molecule is COc1cccc2c1C(=O)c1c(O)c3c(c(O)c1C2=O)C[C@@](O)(C(=O)CO)C[C@@H]3O[C@H]1C[C@H](N)[C@H](O)[C@H](C)O1.Cl.N[C@@H](CO)C(=O)O. The standard InChI is InChI=1S/C27H29NO11.C3H7NO3.ClH/c1-10-22(31)13(28)6-17(38-10)39-15-8-27(36,16(30)9-29)7-12-19(15)26(35)21-20(24(12)33)23(32)11-4-3-5-14(37-2)18(11)25(21)34;4-2(1-5)3(6)7;/h3-5,10,13,15,17,22,29,31,33,35-36H,6-9,28H2,1-2H3;2,5H,1,4H2,(H,6,7);1H/t10-,13-,15-,17-,22+,27-;2-;/m00./s1. The Kier molecular flexibility index (Phi) is 11.7. The molecular formula is C30H37ClN2O14. The first-order valence-corrected chi connectivity index (χ1v) is 14.2. The summed E-state index contributed by atoms with van der Waals surface area (Å²) < 4.78 is 17.0.